The number of carbonyl (C=O) groups is 2. The first kappa shape index (κ1) is 22.7. The predicted octanol–water partition coefficient (Wildman–Crippen LogP) is 5.60. The van der Waals surface area contributed by atoms with Gasteiger partial charge in [0.2, 0.25) is 5.91 Å². The first-order chi connectivity index (χ1) is 14.2. The molecule has 1 unspecified atom stereocenters. The molecule has 30 heavy (non-hydrogen) atoms. The molecule has 2 aromatic rings. The van der Waals surface area contributed by atoms with Gasteiger partial charge in [-0.3, -0.25) is 14.5 Å². The van der Waals surface area contributed by atoms with Crippen LogP contribution in [0.3, 0.4) is 0 Å². The quantitative estimate of drug-likeness (QED) is 0.429. The minimum atomic E-state index is -0.347. The third kappa shape index (κ3) is 5.60. The van der Waals surface area contributed by atoms with E-state index in [0.717, 1.165) is 17.3 Å². The maximum Gasteiger partial charge on any atom is 0.266 e. The smallest absolute Gasteiger partial charge is 0.266 e. The Balaban J connectivity index is 1.58. The standard InChI is InChI=1S/C21H17Cl2FN2O2S2/c1-12(16-7-4-14(22)11-17(16)23)25-19(27)8-9-26-20(28)18(30-21(26)29)10-13-2-5-15(24)6-3-13/h2-7,10-12H,8-9H2,1H3,(H,25,27)/b18-10+. The summed E-state index contributed by atoms with van der Waals surface area (Å²) in [5.74, 6) is -0.846. The van der Waals surface area contributed by atoms with Gasteiger partial charge in [0.25, 0.3) is 5.91 Å². The molecule has 2 amide bonds. The highest BCUT2D eigenvalue weighted by Gasteiger charge is 2.32. The van der Waals surface area contributed by atoms with Crippen LogP contribution in [0.2, 0.25) is 10.0 Å². The lowest BCUT2D eigenvalue weighted by Gasteiger charge is -2.18. The fourth-order valence-electron chi connectivity index (χ4n) is 2.86. The summed E-state index contributed by atoms with van der Waals surface area (Å²) in [5, 5.41) is 3.85. The Labute approximate surface area is 193 Å². The maximum atomic E-state index is 13.0. The van der Waals surface area contributed by atoms with Crippen LogP contribution < -0.4 is 5.32 Å². The van der Waals surface area contributed by atoms with Gasteiger partial charge < -0.3 is 5.32 Å². The van der Waals surface area contributed by atoms with Crippen molar-refractivity contribution in [2.24, 2.45) is 0 Å². The van der Waals surface area contributed by atoms with E-state index < -0.39 is 0 Å². The van der Waals surface area contributed by atoms with Crippen LogP contribution in [0.4, 0.5) is 4.39 Å². The normalized spacial score (nSPS) is 16.3. The molecule has 9 heteroatoms. The summed E-state index contributed by atoms with van der Waals surface area (Å²) in [6, 6.07) is 10.6. The van der Waals surface area contributed by atoms with Crippen molar-refractivity contribution in [3.8, 4) is 0 Å². The zero-order valence-corrected chi connectivity index (χ0v) is 19.0. The highest BCUT2D eigenvalue weighted by molar-refractivity contribution is 8.26. The Morgan fingerprint density at radius 1 is 1.27 bits per heavy atom. The number of thioether (sulfide) groups is 1. The van der Waals surface area contributed by atoms with Crippen LogP contribution in [-0.4, -0.2) is 27.6 Å². The van der Waals surface area contributed by atoms with Crippen LogP contribution in [0.5, 0.6) is 0 Å². The number of hydrogen-bond acceptors (Lipinski definition) is 4. The molecule has 0 radical (unpaired) electrons. The monoisotopic (exact) mass is 482 g/mol. The molecular weight excluding hydrogens is 466 g/mol. The van der Waals surface area contributed by atoms with Gasteiger partial charge in [0.15, 0.2) is 0 Å². The zero-order chi connectivity index (χ0) is 21.8. The Bertz CT molecular complexity index is 1030. The Kier molecular flexibility index (Phi) is 7.52. The lowest BCUT2D eigenvalue weighted by Crippen LogP contribution is -2.34. The molecule has 1 aliphatic rings. The molecule has 4 nitrogen and oxygen atoms in total. The number of hydrogen-bond donors (Lipinski definition) is 1. The average Bonchev–Trinajstić information content (AvgIpc) is 2.94. The summed E-state index contributed by atoms with van der Waals surface area (Å²) in [7, 11) is 0. The molecule has 1 atom stereocenters. The van der Waals surface area contributed by atoms with Crippen LogP contribution in [0.15, 0.2) is 47.4 Å². The lowest BCUT2D eigenvalue weighted by atomic mass is 10.1. The molecule has 1 heterocycles. The Hall–Kier alpha value is -1.93. The van der Waals surface area contributed by atoms with Gasteiger partial charge in [-0.05, 0) is 48.4 Å². The van der Waals surface area contributed by atoms with Crippen molar-refractivity contribution < 1.29 is 14.0 Å². The van der Waals surface area contributed by atoms with Gasteiger partial charge in [0.1, 0.15) is 10.1 Å². The molecular formula is C21H17Cl2FN2O2S2. The first-order valence-corrected chi connectivity index (χ1v) is 11.0. The molecule has 1 fully saturated rings. The molecule has 2 aromatic carbocycles. The van der Waals surface area contributed by atoms with Crippen molar-refractivity contribution in [1.29, 1.82) is 0 Å². The summed E-state index contributed by atoms with van der Waals surface area (Å²) in [6.07, 6.45) is 1.75. The third-order valence-corrected chi connectivity index (χ3v) is 6.35. The Morgan fingerprint density at radius 2 is 1.97 bits per heavy atom. The van der Waals surface area contributed by atoms with E-state index in [1.54, 1.807) is 36.4 Å². The van der Waals surface area contributed by atoms with Crippen LogP contribution in [0.25, 0.3) is 6.08 Å². The van der Waals surface area contributed by atoms with Gasteiger partial charge >= 0.3 is 0 Å². The topological polar surface area (TPSA) is 49.4 Å². The van der Waals surface area contributed by atoms with Crippen molar-refractivity contribution in [3.63, 3.8) is 0 Å². The van der Waals surface area contributed by atoms with Gasteiger partial charge in [-0.2, -0.15) is 0 Å². The van der Waals surface area contributed by atoms with Gasteiger partial charge in [-0.25, -0.2) is 4.39 Å². The van der Waals surface area contributed by atoms with Crippen molar-refractivity contribution in [2.75, 3.05) is 6.54 Å². The van der Waals surface area contributed by atoms with Gasteiger partial charge in [0, 0.05) is 23.0 Å². The number of halogens is 3. The number of rotatable bonds is 6. The molecule has 0 bridgehead atoms. The van der Waals surface area contributed by atoms with Crippen molar-refractivity contribution >= 4 is 69.4 Å². The fraction of sp³-hybridized carbons (Fsp3) is 0.190. The van der Waals surface area contributed by atoms with Gasteiger partial charge in [0.05, 0.1) is 10.9 Å². The Morgan fingerprint density at radius 3 is 2.63 bits per heavy atom. The van der Waals surface area contributed by atoms with Crippen LogP contribution in [0, 0.1) is 5.82 Å². The SMILES string of the molecule is CC(NC(=O)CCN1C(=O)/C(=C\c2ccc(F)cc2)SC1=S)c1ccc(Cl)cc1Cl. The molecule has 0 aliphatic carbocycles. The molecule has 3 rings (SSSR count). The third-order valence-electron chi connectivity index (χ3n) is 4.41. The largest absolute Gasteiger partial charge is 0.349 e. The van der Waals surface area contributed by atoms with Crippen LogP contribution in [0.1, 0.15) is 30.5 Å². The number of benzene rings is 2. The number of carbonyl (C=O) groups excluding carboxylic acids is 2. The fourth-order valence-corrected chi connectivity index (χ4v) is 4.74. The van der Waals surface area contributed by atoms with Gasteiger partial charge in [-0.1, -0.05) is 65.4 Å². The summed E-state index contributed by atoms with van der Waals surface area (Å²) in [5.41, 5.74) is 1.45. The van der Waals surface area contributed by atoms with E-state index in [9.17, 15) is 14.0 Å². The van der Waals surface area contributed by atoms with E-state index in [4.69, 9.17) is 35.4 Å². The minimum Gasteiger partial charge on any atom is -0.349 e. The maximum absolute atomic E-state index is 13.0. The minimum absolute atomic E-state index is 0.0891. The molecule has 1 aliphatic heterocycles. The summed E-state index contributed by atoms with van der Waals surface area (Å²) < 4.78 is 13.4. The van der Waals surface area contributed by atoms with Crippen molar-refractivity contribution in [3.05, 3.63) is 74.4 Å². The van der Waals surface area contributed by atoms with E-state index in [0.29, 0.717) is 24.8 Å². The second kappa shape index (κ2) is 9.92. The second-order valence-electron chi connectivity index (χ2n) is 6.59. The lowest BCUT2D eigenvalue weighted by molar-refractivity contribution is -0.124. The molecule has 0 saturated carbocycles. The number of nitrogens with zero attached hydrogens (tertiary/aromatic N) is 1. The predicted molar refractivity (Wildman–Crippen MR) is 124 cm³/mol. The highest BCUT2D eigenvalue weighted by atomic mass is 35.5. The molecule has 156 valence electrons. The zero-order valence-electron chi connectivity index (χ0n) is 15.8. The van der Waals surface area contributed by atoms with E-state index in [2.05, 4.69) is 5.32 Å². The van der Waals surface area contributed by atoms with Gasteiger partial charge in [-0.15, -0.1) is 0 Å². The van der Waals surface area contributed by atoms with E-state index in [1.165, 1.54) is 17.0 Å². The first-order valence-electron chi connectivity index (χ1n) is 9.00. The summed E-state index contributed by atoms with van der Waals surface area (Å²) in [4.78, 5) is 26.8. The number of nitrogens with one attached hydrogen (secondary N) is 1. The van der Waals surface area contributed by atoms with Crippen molar-refractivity contribution in [2.45, 2.75) is 19.4 Å². The molecule has 0 aromatic heterocycles. The highest BCUT2D eigenvalue weighted by Crippen LogP contribution is 2.32. The molecule has 1 N–H and O–H groups in total. The summed E-state index contributed by atoms with van der Waals surface area (Å²) >= 11 is 18.5. The van der Waals surface area contributed by atoms with E-state index >= 15 is 0 Å². The number of amides is 2. The molecule has 0 spiro atoms. The van der Waals surface area contributed by atoms with Crippen LogP contribution in [-0.2, 0) is 9.59 Å². The number of thiocarbonyl (C=S) groups is 1. The van der Waals surface area contributed by atoms with Crippen molar-refractivity contribution in [1.82, 2.24) is 10.2 Å². The van der Waals surface area contributed by atoms with E-state index in [-0.39, 0.29) is 36.6 Å². The van der Waals surface area contributed by atoms with Crippen LogP contribution >= 0.6 is 47.2 Å². The summed E-state index contributed by atoms with van der Waals surface area (Å²) in [6.45, 7) is 1.98. The van der Waals surface area contributed by atoms with E-state index in [1.807, 2.05) is 6.92 Å². The average molecular weight is 483 g/mol. The second-order valence-corrected chi connectivity index (χ2v) is 9.11. The molecule has 1 saturated heterocycles.